The Morgan fingerprint density at radius 2 is 1.55 bits per heavy atom. The summed E-state index contributed by atoms with van der Waals surface area (Å²) in [6.45, 7) is 10.1. The zero-order valence-corrected chi connectivity index (χ0v) is 24.1. The Hall–Kier alpha value is -3.24. The molecule has 0 spiro atoms. The highest BCUT2D eigenvalue weighted by Crippen LogP contribution is 2.40. The Balaban J connectivity index is 1.63. The average molecular weight is 545 g/mol. The number of ketones is 1. The molecule has 1 fully saturated rings. The maximum atomic E-state index is 13.7. The predicted molar refractivity (Wildman–Crippen MR) is 152 cm³/mol. The van der Waals surface area contributed by atoms with Crippen LogP contribution in [0.4, 0.5) is 0 Å². The number of rotatable bonds is 7. The van der Waals surface area contributed by atoms with Crippen LogP contribution < -0.4 is 0 Å². The van der Waals surface area contributed by atoms with Gasteiger partial charge < -0.3 is 18.9 Å². The third kappa shape index (κ3) is 7.09. The number of esters is 1. The van der Waals surface area contributed by atoms with E-state index in [0.29, 0.717) is 19.4 Å². The zero-order chi connectivity index (χ0) is 28.7. The maximum Gasteiger partial charge on any atom is 0.312 e. The number of Topliss-reactive ketones (excluding diaryl/α,β-unsaturated/α-hetero) is 1. The molecule has 6 nitrogen and oxygen atoms in total. The first-order valence-electron chi connectivity index (χ1n) is 14.1. The molecule has 0 N–H and O–H groups in total. The number of fused-ring (bicyclic) bond motifs is 8. The minimum Gasteiger partial charge on any atom is -0.457 e. The standard InChI is InChI=1S/C34H40O6/c1-6-28-23(2)14-13-19-29(37-21-26-15-9-7-10-16-26)24(3)20-34(5)32(35)31(40-34)30(25(4)33(36)39-28)38-22-27-17-11-8-12-18-27/h7-12,15-19,24-25,28-31H,6,20-22H2,1-5H3/t24-,25-,28-,29-,30-,31+,34+/m1/s1. The maximum absolute atomic E-state index is 13.7. The van der Waals surface area contributed by atoms with E-state index in [1.165, 1.54) is 0 Å². The van der Waals surface area contributed by atoms with Crippen LogP contribution in [0.1, 0.15) is 58.6 Å². The summed E-state index contributed by atoms with van der Waals surface area (Å²) in [4.78, 5) is 27.0. The molecule has 40 heavy (non-hydrogen) atoms. The molecular formula is C34H40O6. The third-order valence-corrected chi connectivity index (χ3v) is 7.80. The molecule has 212 valence electrons. The van der Waals surface area contributed by atoms with E-state index in [4.69, 9.17) is 18.9 Å². The fourth-order valence-corrected chi connectivity index (χ4v) is 5.31. The van der Waals surface area contributed by atoms with E-state index in [2.05, 4.69) is 11.5 Å². The number of hydrogen-bond donors (Lipinski definition) is 0. The van der Waals surface area contributed by atoms with E-state index < -0.39 is 35.8 Å². The topological polar surface area (TPSA) is 71.1 Å². The number of carbonyl (C=O) groups excluding carboxylic acids is 2. The summed E-state index contributed by atoms with van der Waals surface area (Å²) in [5.41, 5.74) is 8.05. The van der Waals surface area contributed by atoms with E-state index in [0.717, 1.165) is 16.7 Å². The second-order valence-electron chi connectivity index (χ2n) is 11.1. The highest BCUT2D eigenvalue weighted by molar-refractivity contribution is 5.96. The van der Waals surface area contributed by atoms with Crippen LogP contribution in [0, 0.1) is 11.8 Å². The molecule has 3 aliphatic heterocycles. The summed E-state index contributed by atoms with van der Waals surface area (Å²) in [6.07, 6.45) is 0.422. The van der Waals surface area contributed by atoms with Crippen molar-refractivity contribution in [2.24, 2.45) is 11.8 Å². The lowest BCUT2D eigenvalue weighted by atomic mass is 9.77. The van der Waals surface area contributed by atoms with Crippen molar-refractivity contribution in [2.45, 2.75) is 90.7 Å². The van der Waals surface area contributed by atoms with Gasteiger partial charge in [-0.15, -0.1) is 0 Å². The molecule has 7 atom stereocenters. The number of carbonyl (C=O) groups is 2. The van der Waals surface area contributed by atoms with Gasteiger partial charge in [-0.2, -0.15) is 0 Å². The van der Waals surface area contributed by atoms with E-state index in [1.807, 2.05) is 94.4 Å². The number of ether oxygens (including phenoxy) is 4. The summed E-state index contributed by atoms with van der Waals surface area (Å²) in [7, 11) is 0. The lowest BCUT2D eigenvalue weighted by molar-refractivity contribution is -0.232. The second kappa shape index (κ2) is 13.4. The first-order chi connectivity index (χ1) is 19.2. The smallest absolute Gasteiger partial charge is 0.312 e. The van der Waals surface area contributed by atoms with Gasteiger partial charge in [0.2, 0.25) is 0 Å². The predicted octanol–water partition coefficient (Wildman–Crippen LogP) is 6.14. The van der Waals surface area contributed by atoms with Crippen LogP contribution in [0.5, 0.6) is 0 Å². The number of hydrogen-bond acceptors (Lipinski definition) is 6. The largest absolute Gasteiger partial charge is 0.457 e. The van der Waals surface area contributed by atoms with Gasteiger partial charge in [0, 0.05) is 5.57 Å². The second-order valence-corrected chi connectivity index (χ2v) is 11.1. The lowest BCUT2D eigenvalue weighted by Gasteiger charge is -2.48. The van der Waals surface area contributed by atoms with Gasteiger partial charge in [0.1, 0.15) is 23.9 Å². The van der Waals surface area contributed by atoms with Crippen LogP contribution >= 0.6 is 0 Å². The quantitative estimate of drug-likeness (QED) is 0.308. The Bertz CT molecular complexity index is 1260. The fourth-order valence-electron chi connectivity index (χ4n) is 5.31. The van der Waals surface area contributed by atoms with Crippen LogP contribution in [0.25, 0.3) is 0 Å². The zero-order valence-electron chi connectivity index (χ0n) is 24.1. The van der Waals surface area contributed by atoms with Crippen LogP contribution in [0.3, 0.4) is 0 Å². The molecule has 0 aliphatic carbocycles. The third-order valence-electron chi connectivity index (χ3n) is 7.80. The highest BCUT2D eigenvalue weighted by Gasteiger charge is 2.57. The lowest BCUT2D eigenvalue weighted by Crippen LogP contribution is -2.66. The van der Waals surface area contributed by atoms with E-state index >= 15 is 0 Å². The summed E-state index contributed by atoms with van der Waals surface area (Å²) >= 11 is 0. The van der Waals surface area contributed by atoms with Crippen molar-refractivity contribution in [3.8, 4) is 0 Å². The summed E-state index contributed by atoms with van der Waals surface area (Å²) in [6, 6.07) is 19.6. The fraction of sp³-hybridized carbons (Fsp3) is 0.471. The molecule has 1 saturated heterocycles. The van der Waals surface area contributed by atoms with E-state index in [-0.39, 0.29) is 24.4 Å². The number of benzene rings is 2. The molecule has 0 radical (unpaired) electrons. The van der Waals surface area contributed by atoms with Crippen LogP contribution in [0.2, 0.25) is 0 Å². The molecule has 2 aromatic rings. The van der Waals surface area contributed by atoms with Crippen molar-refractivity contribution < 1.29 is 28.5 Å². The minimum atomic E-state index is -1.01. The van der Waals surface area contributed by atoms with Crippen molar-refractivity contribution in [1.29, 1.82) is 0 Å². The molecular weight excluding hydrogens is 504 g/mol. The van der Waals surface area contributed by atoms with Gasteiger partial charge in [-0.3, -0.25) is 9.59 Å². The molecule has 5 rings (SSSR count). The molecule has 2 bridgehead atoms. The van der Waals surface area contributed by atoms with Gasteiger partial charge in [0.25, 0.3) is 0 Å². The molecule has 0 amide bonds. The van der Waals surface area contributed by atoms with Crippen LogP contribution in [0.15, 0.2) is 83.8 Å². The molecule has 0 unspecified atom stereocenters. The van der Waals surface area contributed by atoms with Crippen molar-refractivity contribution in [3.05, 3.63) is 94.9 Å². The highest BCUT2D eigenvalue weighted by atomic mass is 16.6. The SMILES string of the molecule is CC[C@H]1OC(=O)[C@H](C)[C@@H](OCc2ccccc2)[C@@H]2O[C@@](C)(C[C@@H](C)[C@H](OCc3ccccc3)C=C=C=C1C)C2=O. The average Bonchev–Trinajstić information content (AvgIpc) is 2.97. The van der Waals surface area contributed by atoms with Gasteiger partial charge in [-0.1, -0.05) is 86.0 Å². The molecule has 0 saturated carbocycles. The Morgan fingerprint density at radius 1 is 0.950 bits per heavy atom. The Labute approximate surface area is 237 Å². The minimum absolute atomic E-state index is 0.0562. The van der Waals surface area contributed by atoms with Crippen molar-refractivity contribution in [2.75, 3.05) is 0 Å². The Morgan fingerprint density at radius 3 is 2.12 bits per heavy atom. The van der Waals surface area contributed by atoms with Crippen LogP contribution in [-0.2, 0) is 41.8 Å². The summed E-state index contributed by atoms with van der Waals surface area (Å²) in [5.74, 6) is -1.28. The van der Waals surface area contributed by atoms with Gasteiger partial charge in [-0.25, -0.2) is 0 Å². The van der Waals surface area contributed by atoms with Crippen LogP contribution in [-0.4, -0.2) is 41.8 Å². The van der Waals surface area contributed by atoms with Gasteiger partial charge in [-0.05, 0) is 56.7 Å². The first kappa shape index (κ1) is 29.7. The normalized spacial score (nSPS) is 31.0. The van der Waals surface area contributed by atoms with Crippen molar-refractivity contribution >= 4 is 11.8 Å². The van der Waals surface area contributed by atoms with Crippen molar-refractivity contribution in [3.63, 3.8) is 0 Å². The van der Waals surface area contributed by atoms with Crippen molar-refractivity contribution in [1.82, 2.24) is 0 Å². The molecule has 3 heterocycles. The monoisotopic (exact) mass is 544 g/mol. The molecule has 6 heteroatoms. The first-order valence-corrected chi connectivity index (χ1v) is 14.1. The van der Waals surface area contributed by atoms with E-state index in [9.17, 15) is 9.59 Å². The van der Waals surface area contributed by atoms with E-state index in [1.54, 1.807) is 6.92 Å². The van der Waals surface area contributed by atoms with Gasteiger partial charge >= 0.3 is 5.97 Å². The summed E-state index contributed by atoms with van der Waals surface area (Å²) < 4.78 is 24.7. The van der Waals surface area contributed by atoms with Gasteiger partial charge in [0.05, 0.1) is 25.2 Å². The molecule has 0 aromatic heterocycles. The molecule has 2 aromatic carbocycles. The Kier molecular flexibility index (Phi) is 9.97. The molecule has 3 aliphatic rings. The van der Waals surface area contributed by atoms with Gasteiger partial charge in [0.15, 0.2) is 5.78 Å². The summed E-state index contributed by atoms with van der Waals surface area (Å²) in [5, 5.41) is 0.